The summed E-state index contributed by atoms with van der Waals surface area (Å²) in [6, 6.07) is 11.1. The lowest BCUT2D eigenvalue weighted by Crippen LogP contribution is -2.27. The number of hydrogen-bond acceptors (Lipinski definition) is 6. The highest BCUT2D eigenvalue weighted by atomic mass is 35.5. The fourth-order valence-corrected chi connectivity index (χ4v) is 3.71. The molecular formula is C20H27ClN4O5S. The maximum Gasteiger partial charge on any atom is 0.240 e. The van der Waals surface area contributed by atoms with E-state index >= 15 is 0 Å². The lowest BCUT2D eigenvalue weighted by Gasteiger charge is -2.10. The molecule has 9 nitrogen and oxygen atoms in total. The van der Waals surface area contributed by atoms with Crippen molar-refractivity contribution in [1.29, 1.82) is 5.41 Å². The number of nitrogens with one attached hydrogen (secondary N) is 3. The fraction of sp³-hybridized carbons (Fsp3) is 0.300. The SMILES string of the molecule is COc1ccc(CNC(=O)CCCNS(=O)(=O)c2ccc(C(=N)N)cc2)cc1OC.Cl. The minimum atomic E-state index is -3.69. The highest BCUT2D eigenvalue weighted by Crippen LogP contribution is 2.27. The topological polar surface area (TPSA) is 144 Å². The zero-order chi connectivity index (χ0) is 22.1. The average Bonchev–Trinajstić information content (AvgIpc) is 2.75. The maximum absolute atomic E-state index is 12.3. The standard InChI is InChI=1S/C20H26N4O5S.ClH/c1-28-17-10-5-14(12-18(17)29-2)13-23-19(25)4-3-11-24-30(26,27)16-8-6-15(7-9-16)20(21)22;/h5-10,12,24H,3-4,11,13H2,1-2H3,(H3,21,22)(H,23,25);1H. The molecule has 0 saturated carbocycles. The molecule has 0 aliphatic rings. The van der Waals surface area contributed by atoms with E-state index in [1.54, 1.807) is 26.4 Å². The van der Waals surface area contributed by atoms with E-state index < -0.39 is 10.0 Å². The molecule has 2 rings (SSSR count). The van der Waals surface area contributed by atoms with Gasteiger partial charge < -0.3 is 20.5 Å². The van der Waals surface area contributed by atoms with Gasteiger partial charge in [-0.05, 0) is 48.4 Å². The van der Waals surface area contributed by atoms with Crippen molar-refractivity contribution in [1.82, 2.24) is 10.0 Å². The smallest absolute Gasteiger partial charge is 0.240 e. The molecule has 2 aromatic carbocycles. The van der Waals surface area contributed by atoms with Gasteiger partial charge in [-0.1, -0.05) is 6.07 Å². The largest absolute Gasteiger partial charge is 0.493 e. The predicted octanol–water partition coefficient (Wildman–Crippen LogP) is 1.78. The molecule has 0 fully saturated rings. The van der Waals surface area contributed by atoms with Crippen molar-refractivity contribution < 1.29 is 22.7 Å². The predicted molar refractivity (Wildman–Crippen MR) is 121 cm³/mol. The van der Waals surface area contributed by atoms with Gasteiger partial charge >= 0.3 is 0 Å². The third-order valence-corrected chi connectivity index (χ3v) is 5.76. The molecule has 5 N–H and O–H groups in total. The summed E-state index contributed by atoms with van der Waals surface area (Å²) in [5.74, 6) is 0.867. The molecule has 2 aromatic rings. The van der Waals surface area contributed by atoms with Crippen LogP contribution in [0.3, 0.4) is 0 Å². The number of nitrogens with two attached hydrogens (primary N) is 1. The van der Waals surface area contributed by atoms with Crippen LogP contribution in [0.1, 0.15) is 24.0 Å². The van der Waals surface area contributed by atoms with Crippen molar-refractivity contribution in [2.24, 2.45) is 5.73 Å². The first-order valence-electron chi connectivity index (χ1n) is 9.18. The van der Waals surface area contributed by atoms with Crippen molar-refractivity contribution in [3.8, 4) is 11.5 Å². The van der Waals surface area contributed by atoms with Crippen molar-refractivity contribution in [3.05, 3.63) is 53.6 Å². The molecule has 0 saturated heterocycles. The molecule has 0 radical (unpaired) electrons. The van der Waals surface area contributed by atoms with E-state index in [1.165, 1.54) is 24.3 Å². The first kappa shape index (κ1) is 26.2. The summed E-state index contributed by atoms with van der Waals surface area (Å²) in [5, 5.41) is 10.1. The van der Waals surface area contributed by atoms with Crippen LogP contribution in [0, 0.1) is 5.41 Å². The quantitative estimate of drug-likeness (QED) is 0.224. The van der Waals surface area contributed by atoms with E-state index in [2.05, 4.69) is 10.0 Å². The Morgan fingerprint density at radius 3 is 2.29 bits per heavy atom. The molecule has 0 aliphatic carbocycles. The molecule has 0 unspecified atom stereocenters. The third kappa shape index (κ3) is 7.74. The lowest BCUT2D eigenvalue weighted by atomic mass is 10.2. The second-order valence-electron chi connectivity index (χ2n) is 6.41. The number of nitrogen functional groups attached to an aromatic ring is 1. The van der Waals surface area contributed by atoms with Crippen molar-refractivity contribution >= 4 is 34.2 Å². The van der Waals surface area contributed by atoms with Crippen LogP contribution < -0.4 is 25.2 Å². The Balaban J connectivity index is 0.00000480. The molecular weight excluding hydrogens is 444 g/mol. The second-order valence-corrected chi connectivity index (χ2v) is 8.17. The summed E-state index contributed by atoms with van der Waals surface area (Å²) >= 11 is 0. The number of rotatable bonds is 11. The first-order valence-corrected chi connectivity index (χ1v) is 10.7. The van der Waals surface area contributed by atoms with E-state index in [9.17, 15) is 13.2 Å². The summed E-state index contributed by atoms with van der Waals surface area (Å²) in [7, 11) is -0.598. The molecule has 0 atom stereocenters. The van der Waals surface area contributed by atoms with Gasteiger partial charge in [0.05, 0.1) is 19.1 Å². The van der Waals surface area contributed by atoms with Crippen LogP contribution in [0.25, 0.3) is 0 Å². The van der Waals surface area contributed by atoms with Gasteiger partial charge in [0.1, 0.15) is 5.84 Å². The monoisotopic (exact) mass is 470 g/mol. The number of methoxy groups -OCH3 is 2. The van der Waals surface area contributed by atoms with Crippen molar-refractivity contribution in [3.63, 3.8) is 0 Å². The summed E-state index contributed by atoms with van der Waals surface area (Å²) in [6.07, 6.45) is 0.529. The summed E-state index contributed by atoms with van der Waals surface area (Å²) in [6.45, 7) is 0.452. The van der Waals surface area contributed by atoms with Gasteiger partial charge in [0.15, 0.2) is 11.5 Å². The van der Waals surface area contributed by atoms with Gasteiger partial charge in [-0.25, -0.2) is 13.1 Å². The minimum absolute atomic E-state index is 0. The second kappa shape index (κ2) is 12.1. The number of carbonyl (C=O) groups is 1. The number of sulfonamides is 1. The Bertz CT molecular complexity index is 997. The molecule has 1 amide bonds. The van der Waals surface area contributed by atoms with Crippen LogP contribution in [0.5, 0.6) is 11.5 Å². The van der Waals surface area contributed by atoms with Gasteiger partial charge in [-0.2, -0.15) is 0 Å². The highest BCUT2D eigenvalue weighted by Gasteiger charge is 2.14. The number of amidine groups is 1. The number of carbonyl (C=O) groups excluding carboxylic acids is 1. The molecule has 0 spiro atoms. The first-order chi connectivity index (χ1) is 14.3. The normalized spacial score (nSPS) is 10.6. The highest BCUT2D eigenvalue weighted by molar-refractivity contribution is 7.89. The third-order valence-electron chi connectivity index (χ3n) is 4.29. The van der Waals surface area contributed by atoms with Crippen LogP contribution in [-0.4, -0.2) is 40.9 Å². The van der Waals surface area contributed by atoms with E-state index in [0.29, 0.717) is 30.0 Å². The van der Waals surface area contributed by atoms with E-state index in [4.69, 9.17) is 20.6 Å². The Morgan fingerprint density at radius 1 is 1.06 bits per heavy atom. The summed E-state index contributed by atoms with van der Waals surface area (Å²) < 4.78 is 37.4. The zero-order valence-corrected chi connectivity index (χ0v) is 18.9. The number of benzene rings is 2. The van der Waals surface area contributed by atoms with Crippen LogP contribution in [-0.2, 0) is 21.4 Å². The number of hydrogen-bond donors (Lipinski definition) is 4. The molecule has 0 bridgehead atoms. The summed E-state index contributed by atoms with van der Waals surface area (Å²) in [5.41, 5.74) is 6.66. The van der Waals surface area contributed by atoms with Crippen LogP contribution in [0.15, 0.2) is 47.4 Å². The van der Waals surface area contributed by atoms with E-state index in [0.717, 1.165) is 5.56 Å². The number of halogens is 1. The molecule has 31 heavy (non-hydrogen) atoms. The summed E-state index contributed by atoms with van der Waals surface area (Å²) in [4.78, 5) is 12.1. The average molecular weight is 471 g/mol. The Morgan fingerprint density at radius 2 is 1.71 bits per heavy atom. The number of amides is 1. The van der Waals surface area contributed by atoms with E-state index in [-0.39, 0.29) is 42.0 Å². The molecule has 0 heterocycles. The molecule has 11 heteroatoms. The Kier molecular flexibility index (Phi) is 10.3. The fourth-order valence-electron chi connectivity index (χ4n) is 2.63. The van der Waals surface area contributed by atoms with Crippen LogP contribution in [0.4, 0.5) is 0 Å². The molecule has 170 valence electrons. The van der Waals surface area contributed by atoms with Crippen molar-refractivity contribution in [2.75, 3.05) is 20.8 Å². The minimum Gasteiger partial charge on any atom is -0.493 e. The van der Waals surface area contributed by atoms with Crippen molar-refractivity contribution in [2.45, 2.75) is 24.3 Å². The maximum atomic E-state index is 12.3. The van der Waals surface area contributed by atoms with Gasteiger partial charge in [-0.15, -0.1) is 12.4 Å². The zero-order valence-electron chi connectivity index (χ0n) is 17.3. The van der Waals surface area contributed by atoms with Gasteiger partial charge in [0, 0.05) is 25.1 Å². The van der Waals surface area contributed by atoms with Crippen LogP contribution in [0.2, 0.25) is 0 Å². The Labute approximate surface area is 188 Å². The molecule has 0 aliphatic heterocycles. The van der Waals surface area contributed by atoms with E-state index in [1.807, 2.05) is 6.07 Å². The van der Waals surface area contributed by atoms with Crippen LogP contribution >= 0.6 is 12.4 Å². The lowest BCUT2D eigenvalue weighted by molar-refractivity contribution is -0.121. The molecule has 0 aromatic heterocycles. The van der Waals surface area contributed by atoms with Gasteiger partial charge in [0.25, 0.3) is 0 Å². The Hall–Kier alpha value is -2.82. The number of ether oxygens (including phenoxy) is 2. The van der Waals surface area contributed by atoms with Gasteiger partial charge in [0.2, 0.25) is 15.9 Å². The van der Waals surface area contributed by atoms with Gasteiger partial charge in [-0.3, -0.25) is 10.2 Å².